The zero-order chi connectivity index (χ0) is 8.97. The summed E-state index contributed by atoms with van der Waals surface area (Å²) in [6.07, 6.45) is 4.36. The molecule has 0 aliphatic carbocycles. The Labute approximate surface area is 76.4 Å². The highest BCUT2D eigenvalue weighted by Gasteiger charge is 2.16. The first-order chi connectivity index (χ1) is 5.68. The van der Waals surface area contributed by atoms with Crippen molar-refractivity contribution in [3.05, 3.63) is 0 Å². The molecule has 2 radical (unpaired) electrons. The average Bonchev–Trinajstić information content (AvgIpc) is 2.03. The predicted octanol–water partition coefficient (Wildman–Crippen LogP) is 0.943. The van der Waals surface area contributed by atoms with Crippen molar-refractivity contribution in [2.24, 2.45) is 5.92 Å². The van der Waals surface area contributed by atoms with E-state index in [0.29, 0.717) is 0 Å². The van der Waals surface area contributed by atoms with Crippen LogP contribution in [0.5, 0.6) is 0 Å². The van der Waals surface area contributed by atoms with Crippen LogP contribution in [0.1, 0.15) is 32.6 Å². The third-order valence-electron chi connectivity index (χ3n) is 2.64. The summed E-state index contributed by atoms with van der Waals surface area (Å²) in [6.45, 7) is 3.90. The lowest BCUT2D eigenvalue weighted by molar-refractivity contribution is 0.163. The highest BCUT2D eigenvalue weighted by molar-refractivity contribution is 6.04. The third-order valence-corrected chi connectivity index (χ3v) is 2.64. The van der Waals surface area contributed by atoms with Crippen LogP contribution in [0.3, 0.4) is 0 Å². The van der Waals surface area contributed by atoms with Gasteiger partial charge in [0.05, 0.1) is 6.10 Å². The van der Waals surface area contributed by atoms with Gasteiger partial charge in [-0.3, -0.25) is 0 Å². The fraction of sp³-hybridized carbons (Fsp3) is 1.00. The first kappa shape index (κ1) is 10.1. The zero-order valence-corrected chi connectivity index (χ0v) is 7.87. The van der Waals surface area contributed by atoms with Gasteiger partial charge in [0.15, 0.2) is 7.98 Å². The minimum atomic E-state index is -0.138. The molecule has 1 aliphatic heterocycles. The molecule has 12 heavy (non-hydrogen) atoms. The van der Waals surface area contributed by atoms with Gasteiger partial charge in [0.25, 0.3) is 0 Å². The van der Waals surface area contributed by atoms with Crippen molar-refractivity contribution in [3.63, 3.8) is 0 Å². The zero-order valence-electron chi connectivity index (χ0n) is 7.87. The Hall–Kier alpha value is -0.0151. The van der Waals surface area contributed by atoms with Gasteiger partial charge in [-0.1, -0.05) is 0 Å². The lowest BCUT2D eigenvalue weighted by Gasteiger charge is -2.29. The molecule has 1 heterocycles. The Bertz CT molecular complexity index is 122. The van der Waals surface area contributed by atoms with E-state index < -0.39 is 0 Å². The molecular formula is C9H18BNO. The van der Waals surface area contributed by atoms with Gasteiger partial charge in [-0.15, -0.1) is 0 Å². The predicted molar refractivity (Wildman–Crippen MR) is 51.0 cm³/mol. The summed E-state index contributed by atoms with van der Waals surface area (Å²) in [4.78, 5) is 1.89. The van der Waals surface area contributed by atoms with Gasteiger partial charge in [0, 0.05) is 0 Å². The molecule has 0 saturated carbocycles. The Kier molecular flexibility index (Phi) is 4.09. The summed E-state index contributed by atoms with van der Waals surface area (Å²) in [5, 5.41) is 9.10. The molecule has 0 spiro atoms. The molecule has 1 aliphatic rings. The van der Waals surface area contributed by atoms with Crippen LogP contribution in [-0.4, -0.2) is 37.1 Å². The summed E-state index contributed by atoms with van der Waals surface area (Å²) in [6, 6.07) is 0. The smallest absolute Gasteiger partial charge is 0.182 e. The maximum Gasteiger partial charge on any atom is 0.182 e. The quantitative estimate of drug-likeness (QED) is 0.632. The third kappa shape index (κ3) is 3.59. The van der Waals surface area contributed by atoms with Crippen LogP contribution in [0.25, 0.3) is 0 Å². The first-order valence-corrected chi connectivity index (χ1v) is 4.86. The highest BCUT2D eigenvalue weighted by Crippen LogP contribution is 2.21. The number of aliphatic hydroxyl groups excluding tert-OH is 1. The first-order valence-electron chi connectivity index (χ1n) is 4.86. The molecule has 0 bridgehead atoms. The van der Waals surface area contributed by atoms with E-state index in [1.807, 2.05) is 11.7 Å². The molecule has 1 saturated heterocycles. The standard InChI is InChI=1S/C9H18BNO/c1-8(12)2-3-9-4-6-11(10)7-5-9/h8-9,12H,2-7H2,1H3. The maximum absolute atomic E-state index is 9.10. The molecule has 0 aromatic rings. The second kappa shape index (κ2) is 4.88. The highest BCUT2D eigenvalue weighted by atomic mass is 16.3. The molecule has 0 aromatic carbocycles. The van der Waals surface area contributed by atoms with Gasteiger partial charge in [-0.05, 0) is 51.6 Å². The van der Waals surface area contributed by atoms with E-state index >= 15 is 0 Å². The minimum Gasteiger partial charge on any atom is -0.393 e. The van der Waals surface area contributed by atoms with Crippen LogP contribution in [0.2, 0.25) is 0 Å². The summed E-state index contributed by atoms with van der Waals surface area (Å²) >= 11 is 0. The van der Waals surface area contributed by atoms with E-state index in [9.17, 15) is 0 Å². The Morgan fingerprint density at radius 2 is 2.08 bits per heavy atom. The lowest BCUT2D eigenvalue weighted by Crippen LogP contribution is -2.31. The fourth-order valence-corrected chi connectivity index (χ4v) is 1.72. The lowest BCUT2D eigenvalue weighted by atomic mass is 9.90. The van der Waals surface area contributed by atoms with Crippen molar-refractivity contribution in [1.82, 2.24) is 4.81 Å². The van der Waals surface area contributed by atoms with E-state index in [-0.39, 0.29) is 6.10 Å². The minimum absolute atomic E-state index is 0.138. The maximum atomic E-state index is 9.10. The van der Waals surface area contributed by atoms with Gasteiger partial charge >= 0.3 is 0 Å². The van der Waals surface area contributed by atoms with Crippen molar-refractivity contribution < 1.29 is 5.11 Å². The van der Waals surface area contributed by atoms with Gasteiger partial charge in [-0.2, -0.15) is 0 Å². The second-order valence-corrected chi connectivity index (χ2v) is 3.91. The monoisotopic (exact) mass is 167 g/mol. The molecule has 2 nitrogen and oxygen atoms in total. The Balaban J connectivity index is 2.09. The average molecular weight is 167 g/mol. The van der Waals surface area contributed by atoms with Crippen LogP contribution >= 0.6 is 0 Å². The van der Waals surface area contributed by atoms with Gasteiger partial charge in [0.2, 0.25) is 0 Å². The molecule has 3 heteroatoms. The molecule has 0 aromatic heterocycles. The number of hydrogen-bond acceptors (Lipinski definition) is 2. The largest absolute Gasteiger partial charge is 0.393 e. The van der Waals surface area contributed by atoms with Crippen molar-refractivity contribution >= 4 is 7.98 Å². The summed E-state index contributed by atoms with van der Waals surface area (Å²) in [5.74, 6) is 0.791. The number of nitrogens with zero attached hydrogens (tertiary/aromatic N) is 1. The van der Waals surface area contributed by atoms with Crippen LogP contribution in [0.4, 0.5) is 0 Å². The van der Waals surface area contributed by atoms with Crippen LogP contribution < -0.4 is 0 Å². The number of rotatable bonds is 3. The van der Waals surface area contributed by atoms with Crippen molar-refractivity contribution in [1.29, 1.82) is 0 Å². The number of aliphatic hydroxyl groups is 1. The second-order valence-electron chi connectivity index (χ2n) is 3.91. The molecule has 1 atom stereocenters. The molecular weight excluding hydrogens is 149 g/mol. The van der Waals surface area contributed by atoms with E-state index in [0.717, 1.165) is 31.8 Å². The van der Waals surface area contributed by atoms with Gasteiger partial charge < -0.3 is 9.92 Å². The number of piperidine rings is 1. The molecule has 1 fully saturated rings. The van der Waals surface area contributed by atoms with Crippen molar-refractivity contribution in [2.45, 2.75) is 38.7 Å². The topological polar surface area (TPSA) is 23.5 Å². The van der Waals surface area contributed by atoms with E-state index in [1.54, 1.807) is 0 Å². The van der Waals surface area contributed by atoms with Gasteiger partial charge in [-0.25, -0.2) is 0 Å². The van der Waals surface area contributed by atoms with E-state index in [1.165, 1.54) is 12.8 Å². The summed E-state index contributed by atoms with van der Waals surface area (Å²) < 4.78 is 0. The Morgan fingerprint density at radius 3 is 2.58 bits per heavy atom. The van der Waals surface area contributed by atoms with Crippen LogP contribution in [-0.2, 0) is 0 Å². The summed E-state index contributed by atoms with van der Waals surface area (Å²) in [5.41, 5.74) is 0. The summed E-state index contributed by atoms with van der Waals surface area (Å²) in [7, 11) is 5.64. The van der Waals surface area contributed by atoms with Crippen LogP contribution in [0, 0.1) is 5.92 Å². The molecule has 1 unspecified atom stereocenters. The van der Waals surface area contributed by atoms with E-state index in [4.69, 9.17) is 13.1 Å². The normalized spacial score (nSPS) is 24.2. The molecule has 68 valence electrons. The molecule has 0 amide bonds. The van der Waals surface area contributed by atoms with Crippen LogP contribution in [0.15, 0.2) is 0 Å². The van der Waals surface area contributed by atoms with Gasteiger partial charge in [0.1, 0.15) is 0 Å². The fourth-order valence-electron chi connectivity index (χ4n) is 1.72. The van der Waals surface area contributed by atoms with E-state index in [2.05, 4.69) is 0 Å². The molecule has 1 N–H and O–H groups in total. The van der Waals surface area contributed by atoms with Crippen molar-refractivity contribution in [2.75, 3.05) is 13.1 Å². The molecule has 1 rings (SSSR count). The SMILES string of the molecule is [B]N1CCC(CCC(C)O)CC1. The van der Waals surface area contributed by atoms with Crippen molar-refractivity contribution in [3.8, 4) is 0 Å². The Morgan fingerprint density at radius 1 is 1.50 bits per heavy atom. The number of hydrogen-bond donors (Lipinski definition) is 1.